The maximum atomic E-state index is 12.1. The Labute approximate surface area is 138 Å². The lowest BCUT2D eigenvalue weighted by atomic mass is 9.89. The van der Waals surface area contributed by atoms with Gasteiger partial charge in [0.2, 0.25) is 5.91 Å². The molecule has 3 saturated heterocycles. The van der Waals surface area contributed by atoms with Crippen LogP contribution in [-0.2, 0) is 4.79 Å². The molecule has 0 spiro atoms. The first-order valence-electron chi connectivity index (χ1n) is 9.01. The van der Waals surface area contributed by atoms with Gasteiger partial charge in [-0.15, -0.1) is 0 Å². The predicted molar refractivity (Wildman–Crippen MR) is 91.0 cm³/mol. The van der Waals surface area contributed by atoms with Crippen LogP contribution in [0.4, 0.5) is 0 Å². The molecule has 1 N–H and O–H groups in total. The van der Waals surface area contributed by atoms with Crippen molar-refractivity contribution in [2.75, 3.05) is 32.7 Å². The molecule has 1 aromatic carbocycles. The number of carbonyl (C=O) groups excluding carboxylic acids is 1. The van der Waals surface area contributed by atoms with Crippen molar-refractivity contribution in [1.29, 1.82) is 0 Å². The van der Waals surface area contributed by atoms with Crippen LogP contribution in [0.3, 0.4) is 0 Å². The fourth-order valence-electron chi connectivity index (χ4n) is 4.95. The van der Waals surface area contributed by atoms with E-state index in [1.165, 1.54) is 24.9 Å². The van der Waals surface area contributed by atoms with Gasteiger partial charge in [-0.25, -0.2) is 0 Å². The van der Waals surface area contributed by atoms with Crippen LogP contribution in [0.25, 0.3) is 0 Å². The SMILES string of the molecule is CC(=O)N1C[C@H]2CN(C3CCNCC3)C[C@H]2[C@@H]1c1ccccc1. The van der Waals surface area contributed by atoms with Crippen molar-refractivity contribution >= 4 is 5.91 Å². The highest BCUT2D eigenvalue weighted by atomic mass is 16.2. The number of carbonyl (C=O) groups is 1. The second-order valence-electron chi connectivity index (χ2n) is 7.39. The minimum Gasteiger partial charge on any atom is -0.335 e. The van der Waals surface area contributed by atoms with E-state index < -0.39 is 0 Å². The van der Waals surface area contributed by atoms with Crippen LogP contribution < -0.4 is 5.32 Å². The Kier molecular flexibility index (Phi) is 4.12. The molecule has 1 amide bonds. The van der Waals surface area contributed by atoms with Gasteiger partial charge in [0.15, 0.2) is 0 Å². The monoisotopic (exact) mass is 313 g/mol. The van der Waals surface area contributed by atoms with Crippen molar-refractivity contribution in [3.63, 3.8) is 0 Å². The van der Waals surface area contributed by atoms with Gasteiger partial charge in [0.1, 0.15) is 0 Å². The molecule has 4 heteroatoms. The van der Waals surface area contributed by atoms with Crippen LogP contribution in [0, 0.1) is 11.8 Å². The average Bonchev–Trinajstić information content (AvgIpc) is 3.14. The molecule has 3 aliphatic heterocycles. The average molecular weight is 313 g/mol. The predicted octanol–water partition coefficient (Wildman–Crippen LogP) is 1.89. The number of piperidine rings is 1. The summed E-state index contributed by atoms with van der Waals surface area (Å²) in [5.74, 6) is 1.46. The molecular weight excluding hydrogens is 286 g/mol. The number of likely N-dealkylation sites (tertiary alicyclic amines) is 2. The zero-order chi connectivity index (χ0) is 15.8. The highest BCUT2D eigenvalue weighted by Crippen LogP contribution is 2.45. The third-order valence-electron chi connectivity index (χ3n) is 6.06. The molecule has 3 heterocycles. The van der Waals surface area contributed by atoms with Crippen LogP contribution in [0.1, 0.15) is 31.4 Å². The quantitative estimate of drug-likeness (QED) is 0.906. The fourth-order valence-corrected chi connectivity index (χ4v) is 4.95. The standard InChI is InChI=1S/C19H27N3O/c1-14(23)22-12-16-11-21(17-7-9-20-10-8-17)13-18(16)19(22)15-5-3-2-4-6-15/h2-6,16-20H,7-13H2,1H3/t16-,18-,19+/m1/s1. The van der Waals surface area contributed by atoms with E-state index in [-0.39, 0.29) is 11.9 Å². The number of hydrogen-bond donors (Lipinski definition) is 1. The lowest BCUT2D eigenvalue weighted by Gasteiger charge is -2.34. The Bertz CT molecular complexity index is 555. The number of amides is 1. The number of fused-ring (bicyclic) bond motifs is 1. The van der Waals surface area contributed by atoms with Crippen LogP contribution in [0.2, 0.25) is 0 Å². The molecular formula is C19H27N3O. The highest BCUT2D eigenvalue weighted by molar-refractivity contribution is 5.74. The van der Waals surface area contributed by atoms with E-state index in [0.29, 0.717) is 11.8 Å². The van der Waals surface area contributed by atoms with Gasteiger partial charge in [-0.3, -0.25) is 9.69 Å². The minimum absolute atomic E-state index is 0.224. The van der Waals surface area contributed by atoms with E-state index in [1.54, 1.807) is 6.92 Å². The van der Waals surface area contributed by atoms with E-state index in [1.807, 2.05) is 0 Å². The number of benzene rings is 1. The third-order valence-corrected chi connectivity index (χ3v) is 6.06. The van der Waals surface area contributed by atoms with Gasteiger partial charge in [0, 0.05) is 38.5 Å². The number of hydrogen-bond acceptors (Lipinski definition) is 3. The van der Waals surface area contributed by atoms with Crippen LogP contribution in [0.15, 0.2) is 30.3 Å². The van der Waals surface area contributed by atoms with Crippen molar-refractivity contribution < 1.29 is 4.79 Å². The van der Waals surface area contributed by atoms with E-state index >= 15 is 0 Å². The molecule has 23 heavy (non-hydrogen) atoms. The number of rotatable bonds is 2. The zero-order valence-electron chi connectivity index (χ0n) is 13.9. The summed E-state index contributed by atoms with van der Waals surface area (Å²) in [5.41, 5.74) is 1.31. The second-order valence-corrected chi connectivity index (χ2v) is 7.39. The normalized spacial score (nSPS) is 32.2. The lowest BCUT2D eigenvalue weighted by Crippen LogP contribution is -2.43. The Morgan fingerprint density at radius 2 is 1.83 bits per heavy atom. The van der Waals surface area contributed by atoms with Crippen molar-refractivity contribution in [2.24, 2.45) is 11.8 Å². The van der Waals surface area contributed by atoms with Crippen molar-refractivity contribution in [3.05, 3.63) is 35.9 Å². The molecule has 124 valence electrons. The lowest BCUT2D eigenvalue weighted by molar-refractivity contribution is -0.130. The first kappa shape index (κ1) is 15.2. The maximum Gasteiger partial charge on any atom is 0.219 e. The molecule has 0 aliphatic carbocycles. The summed E-state index contributed by atoms with van der Waals surface area (Å²) >= 11 is 0. The molecule has 0 unspecified atom stereocenters. The molecule has 4 nitrogen and oxygen atoms in total. The number of nitrogens with one attached hydrogen (secondary N) is 1. The van der Waals surface area contributed by atoms with E-state index in [0.717, 1.165) is 32.2 Å². The Morgan fingerprint density at radius 1 is 1.09 bits per heavy atom. The van der Waals surface area contributed by atoms with Gasteiger partial charge in [-0.05, 0) is 37.4 Å². The van der Waals surface area contributed by atoms with Crippen molar-refractivity contribution in [3.8, 4) is 0 Å². The molecule has 1 aromatic rings. The van der Waals surface area contributed by atoms with Gasteiger partial charge in [0.25, 0.3) is 0 Å². The minimum atomic E-state index is 0.224. The van der Waals surface area contributed by atoms with Crippen LogP contribution >= 0.6 is 0 Å². The summed E-state index contributed by atoms with van der Waals surface area (Å²) in [6, 6.07) is 11.6. The highest BCUT2D eigenvalue weighted by Gasteiger charge is 2.49. The molecule has 3 fully saturated rings. The van der Waals surface area contributed by atoms with Gasteiger partial charge < -0.3 is 10.2 Å². The Hall–Kier alpha value is -1.39. The molecule has 0 bridgehead atoms. The van der Waals surface area contributed by atoms with Crippen LogP contribution in [0.5, 0.6) is 0 Å². The first-order valence-corrected chi connectivity index (χ1v) is 9.01. The van der Waals surface area contributed by atoms with Gasteiger partial charge in [0.05, 0.1) is 6.04 Å². The van der Waals surface area contributed by atoms with Gasteiger partial charge >= 0.3 is 0 Å². The van der Waals surface area contributed by atoms with Crippen LogP contribution in [-0.4, -0.2) is 54.5 Å². The van der Waals surface area contributed by atoms with Crippen molar-refractivity contribution in [2.45, 2.75) is 31.8 Å². The van der Waals surface area contributed by atoms with Crippen molar-refractivity contribution in [1.82, 2.24) is 15.1 Å². The second kappa shape index (κ2) is 6.25. The molecule has 4 rings (SSSR count). The zero-order valence-corrected chi connectivity index (χ0v) is 13.9. The third kappa shape index (κ3) is 2.79. The topological polar surface area (TPSA) is 35.6 Å². The molecule has 3 atom stereocenters. The fraction of sp³-hybridized carbons (Fsp3) is 0.632. The maximum absolute atomic E-state index is 12.1. The van der Waals surface area contributed by atoms with E-state index in [9.17, 15) is 4.79 Å². The smallest absolute Gasteiger partial charge is 0.219 e. The molecule has 0 saturated carbocycles. The summed E-state index contributed by atoms with van der Waals surface area (Å²) in [6.07, 6.45) is 2.54. The summed E-state index contributed by atoms with van der Waals surface area (Å²) in [4.78, 5) is 17.0. The largest absolute Gasteiger partial charge is 0.335 e. The summed E-state index contributed by atoms with van der Waals surface area (Å²) in [7, 11) is 0. The Balaban J connectivity index is 1.55. The summed E-state index contributed by atoms with van der Waals surface area (Å²) in [5, 5.41) is 3.47. The summed E-state index contributed by atoms with van der Waals surface area (Å²) < 4.78 is 0. The van der Waals surface area contributed by atoms with Gasteiger partial charge in [-0.2, -0.15) is 0 Å². The molecule has 0 radical (unpaired) electrons. The molecule has 0 aromatic heterocycles. The number of nitrogens with zero attached hydrogens (tertiary/aromatic N) is 2. The summed E-state index contributed by atoms with van der Waals surface area (Å²) in [6.45, 7) is 7.28. The molecule has 3 aliphatic rings. The van der Waals surface area contributed by atoms with E-state index in [4.69, 9.17) is 0 Å². The Morgan fingerprint density at radius 3 is 2.52 bits per heavy atom. The van der Waals surface area contributed by atoms with Gasteiger partial charge in [-0.1, -0.05) is 30.3 Å². The first-order chi connectivity index (χ1) is 11.2. The van der Waals surface area contributed by atoms with E-state index in [2.05, 4.69) is 45.4 Å².